The first kappa shape index (κ1) is 19.7. The fourth-order valence-electron chi connectivity index (χ4n) is 4.69. The predicted molar refractivity (Wildman–Crippen MR) is 125 cm³/mol. The first-order valence-corrected chi connectivity index (χ1v) is 12.3. The van der Waals surface area contributed by atoms with E-state index in [-0.39, 0.29) is 18.2 Å². The Labute approximate surface area is 181 Å². The molecule has 3 aromatic carbocycles. The molecule has 7 heteroatoms. The van der Waals surface area contributed by atoms with Gasteiger partial charge in [0.1, 0.15) is 0 Å². The Morgan fingerprint density at radius 1 is 0.677 bits per heavy atom. The van der Waals surface area contributed by atoms with Crippen LogP contribution < -0.4 is 14.2 Å². The van der Waals surface area contributed by atoms with E-state index < -0.39 is 13.4 Å². The molecule has 2 aliphatic rings. The van der Waals surface area contributed by atoms with E-state index in [2.05, 4.69) is 0 Å². The van der Waals surface area contributed by atoms with Crippen molar-refractivity contribution in [2.45, 2.75) is 12.1 Å². The molecule has 1 unspecified atom stereocenters. The first-order valence-electron chi connectivity index (χ1n) is 10.4. The quantitative estimate of drug-likeness (QED) is 0.501. The normalized spacial score (nSPS) is 21.6. The molecule has 1 atom stereocenters. The van der Waals surface area contributed by atoms with E-state index in [1.54, 1.807) is 24.3 Å². The summed E-state index contributed by atoms with van der Waals surface area (Å²) in [5.41, 5.74) is 1.50. The maximum absolute atomic E-state index is 13.6. The molecule has 2 saturated heterocycles. The van der Waals surface area contributed by atoms with Crippen molar-refractivity contribution in [3.05, 3.63) is 91.0 Å². The van der Waals surface area contributed by atoms with Gasteiger partial charge >= 0.3 is 182 Å². The SMILES string of the molecule is O=C1CC([PH]2(O)N(c3ccccc3)CCN2c2ccccc2)C(=O)N1c1ccccc1. The number of imide groups is 1. The minimum atomic E-state index is -3.62. The molecule has 0 aromatic heterocycles. The topological polar surface area (TPSA) is 64.1 Å². The van der Waals surface area contributed by atoms with Crippen LogP contribution in [-0.2, 0) is 9.59 Å². The van der Waals surface area contributed by atoms with Crippen molar-refractivity contribution in [3.63, 3.8) is 0 Å². The Balaban J connectivity index is 1.59. The van der Waals surface area contributed by atoms with Gasteiger partial charge in [0, 0.05) is 0 Å². The number of amides is 2. The Hall–Kier alpha value is -3.21. The molecule has 2 heterocycles. The molecule has 6 nitrogen and oxygen atoms in total. The number of para-hydroxylation sites is 3. The van der Waals surface area contributed by atoms with E-state index in [9.17, 15) is 14.5 Å². The van der Waals surface area contributed by atoms with E-state index in [0.717, 1.165) is 11.4 Å². The molecule has 31 heavy (non-hydrogen) atoms. The van der Waals surface area contributed by atoms with Crippen LogP contribution in [0.2, 0.25) is 0 Å². The van der Waals surface area contributed by atoms with Gasteiger partial charge in [-0.1, -0.05) is 0 Å². The molecule has 0 aliphatic carbocycles. The zero-order valence-corrected chi connectivity index (χ0v) is 18.0. The fourth-order valence-corrected chi connectivity index (χ4v) is 8.56. The monoisotopic (exact) mass is 433 g/mol. The van der Waals surface area contributed by atoms with Crippen molar-refractivity contribution in [1.29, 1.82) is 0 Å². The number of nitrogens with zero attached hydrogens (tertiary/aromatic N) is 3. The van der Waals surface area contributed by atoms with Crippen molar-refractivity contribution in [2.75, 3.05) is 27.3 Å². The van der Waals surface area contributed by atoms with Crippen LogP contribution in [0.15, 0.2) is 91.0 Å². The van der Waals surface area contributed by atoms with Crippen LogP contribution in [0, 0.1) is 0 Å². The third-order valence-electron chi connectivity index (χ3n) is 6.11. The standard InChI is InChI=1S/C24H24N3O3P/c28-23-18-22(24(29)27(23)21-14-8-3-9-15-21)31(30)25(19-10-4-1-5-11-19)16-17-26(31)20-12-6-2-7-13-20/h1-15,22,30-31H,16-18H2. The maximum atomic E-state index is 13.6. The van der Waals surface area contributed by atoms with E-state index >= 15 is 0 Å². The summed E-state index contributed by atoms with van der Waals surface area (Å²) < 4.78 is 3.95. The summed E-state index contributed by atoms with van der Waals surface area (Å²) in [6.45, 7) is 1.18. The number of carbonyl (C=O) groups is 2. The van der Waals surface area contributed by atoms with Gasteiger partial charge in [-0.25, -0.2) is 0 Å². The Kier molecular flexibility index (Phi) is 4.97. The number of carbonyl (C=O) groups excluding carboxylic acids is 2. The third-order valence-corrected chi connectivity index (χ3v) is 10.0. The van der Waals surface area contributed by atoms with E-state index in [1.165, 1.54) is 4.90 Å². The number of hydrogen-bond acceptors (Lipinski definition) is 5. The van der Waals surface area contributed by atoms with E-state index in [4.69, 9.17) is 0 Å². The molecule has 0 saturated carbocycles. The van der Waals surface area contributed by atoms with Crippen LogP contribution in [-0.4, -0.2) is 35.5 Å². The van der Waals surface area contributed by atoms with Crippen molar-refractivity contribution in [2.24, 2.45) is 0 Å². The van der Waals surface area contributed by atoms with Gasteiger partial charge in [0.15, 0.2) is 0 Å². The van der Waals surface area contributed by atoms with Crippen LogP contribution in [0.25, 0.3) is 0 Å². The molecule has 0 bridgehead atoms. The number of anilines is 3. The van der Waals surface area contributed by atoms with Crippen molar-refractivity contribution in [3.8, 4) is 0 Å². The van der Waals surface area contributed by atoms with E-state index in [1.807, 2.05) is 76.1 Å². The molecular formula is C24H24N3O3P. The number of rotatable bonds is 4. The molecule has 2 fully saturated rings. The molecular weight excluding hydrogens is 409 g/mol. The molecule has 3 aromatic rings. The van der Waals surface area contributed by atoms with Crippen LogP contribution >= 0.6 is 7.79 Å². The molecule has 158 valence electrons. The molecule has 2 amide bonds. The Morgan fingerprint density at radius 2 is 1.10 bits per heavy atom. The Bertz CT molecular complexity index is 1050. The predicted octanol–water partition coefficient (Wildman–Crippen LogP) is 3.83. The average Bonchev–Trinajstić information content (AvgIpc) is 3.32. The average molecular weight is 433 g/mol. The van der Waals surface area contributed by atoms with Crippen molar-refractivity contribution < 1.29 is 14.5 Å². The summed E-state index contributed by atoms with van der Waals surface area (Å²) in [6, 6.07) is 28.3. The van der Waals surface area contributed by atoms with Gasteiger partial charge in [-0.3, -0.25) is 0 Å². The zero-order chi connectivity index (χ0) is 21.4. The van der Waals surface area contributed by atoms with Gasteiger partial charge in [0.2, 0.25) is 0 Å². The van der Waals surface area contributed by atoms with Crippen LogP contribution in [0.3, 0.4) is 0 Å². The number of hydrogen-bond donors (Lipinski definition) is 1. The molecule has 1 N–H and O–H groups in total. The van der Waals surface area contributed by atoms with Gasteiger partial charge in [0.05, 0.1) is 0 Å². The van der Waals surface area contributed by atoms with Crippen LogP contribution in [0.5, 0.6) is 0 Å². The fraction of sp³-hybridized carbons (Fsp3) is 0.167. The molecule has 5 rings (SSSR count). The van der Waals surface area contributed by atoms with Gasteiger partial charge < -0.3 is 0 Å². The second-order valence-electron chi connectivity index (χ2n) is 7.82. The van der Waals surface area contributed by atoms with Crippen LogP contribution in [0.1, 0.15) is 6.42 Å². The second-order valence-corrected chi connectivity index (χ2v) is 11.0. The third kappa shape index (κ3) is 3.19. The van der Waals surface area contributed by atoms with Gasteiger partial charge in [-0.2, -0.15) is 0 Å². The second kappa shape index (κ2) is 7.80. The Morgan fingerprint density at radius 3 is 1.55 bits per heavy atom. The summed E-state index contributed by atoms with van der Waals surface area (Å²) >= 11 is 0. The summed E-state index contributed by atoms with van der Waals surface area (Å²) in [7, 11) is -3.62. The molecule has 0 spiro atoms. The minimum absolute atomic E-state index is 0.00309. The summed E-state index contributed by atoms with van der Waals surface area (Å²) in [5.74, 6) is -0.593. The van der Waals surface area contributed by atoms with Crippen molar-refractivity contribution in [1.82, 2.24) is 0 Å². The van der Waals surface area contributed by atoms with E-state index in [0.29, 0.717) is 18.8 Å². The number of benzene rings is 3. The first-order chi connectivity index (χ1) is 15.1. The van der Waals surface area contributed by atoms with Crippen LogP contribution in [0.4, 0.5) is 17.1 Å². The zero-order valence-electron chi connectivity index (χ0n) is 17.0. The molecule has 0 radical (unpaired) electrons. The van der Waals surface area contributed by atoms with Gasteiger partial charge in [0.25, 0.3) is 0 Å². The summed E-state index contributed by atoms with van der Waals surface area (Å²) in [6.07, 6.45) is 0.00309. The summed E-state index contributed by atoms with van der Waals surface area (Å²) in [5, 5.41) is 0. The molecule has 2 aliphatic heterocycles. The summed E-state index contributed by atoms with van der Waals surface area (Å²) in [4.78, 5) is 40.1. The van der Waals surface area contributed by atoms with Gasteiger partial charge in [-0.15, -0.1) is 0 Å². The van der Waals surface area contributed by atoms with Gasteiger partial charge in [-0.05, 0) is 0 Å². The van der Waals surface area contributed by atoms with Crippen molar-refractivity contribution >= 4 is 36.7 Å².